The van der Waals surface area contributed by atoms with E-state index in [9.17, 15) is 9.59 Å². The molecule has 0 atom stereocenters. The Morgan fingerprint density at radius 2 is 2.22 bits per heavy atom. The first kappa shape index (κ1) is 12.2. The number of amides is 2. The molecule has 2 aromatic heterocycles. The summed E-state index contributed by atoms with van der Waals surface area (Å²) < 4.78 is 0. The Bertz CT molecular complexity index is 609. The third kappa shape index (κ3) is 2.38. The van der Waals surface area contributed by atoms with E-state index in [1.807, 2.05) is 0 Å². The summed E-state index contributed by atoms with van der Waals surface area (Å²) in [6, 6.07) is 1.70. The van der Waals surface area contributed by atoms with E-state index >= 15 is 0 Å². The highest BCUT2D eigenvalue weighted by atomic mass is 32.1. The Labute approximate surface area is 106 Å². The Morgan fingerprint density at radius 3 is 2.89 bits per heavy atom. The molecule has 94 valence electrons. The maximum atomic E-state index is 11.8. The van der Waals surface area contributed by atoms with E-state index < -0.39 is 5.91 Å². The lowest BCUT2D eigenvalue weighted by molar-refractivity contribution is -0.117. The van der Waals surface area contributed by atoms with Gasteiger partial charge in [0.05, 0.1) is 11.9 Å². The van der Waals surface area contributed by atoms with E-state index in [4.69, 9.17) is 11.5 Å². The number of nitrogens with two attached hydrogens (primary N) is 2. The Morgan fingerprint density at radius 1 is 1.44 bits per heavy atom. The van der Waals surface area contributed by atoms with Gasteiger partial charge in [-0.1, -0.05) is 0 Å². The number of carbonyl (C=O) groups is 2. The van der Waals surface area contributed by atoms with Crippen LogP contribution in [0.25, 0.3) is 10.2 Å². The third-order valence-corrected chi connectivity index (χ3v) is 3.39. The lowest BCUT2D eigenvalue weighted by Crippen LogP contribution is -2.27. The van der Waals surface area contributed by atoms with Crippen molar-refractivity contribution in [1.29, 1.82) is 0 Å². The smallest absolute Gasteiger partial charge is 0.263 e. The van der Waals surface area contributed by atoms with Gasteiger partial charge in [0.15, 0.2) is 0 Å². The van der Waals surface area contributed by atoms with Crippen LogP contribution < -0.4 is 16.8 Å². The van der Waals surface area contributed by atoms with Gasteiger partial charge in [0, 0.05) is 18.4 Å². The van der Waals surface area contributed by atoms with Crippen LogP contribution in [0.3, 0.4) is 0 Å². The average molecular weight is 265 g/mol. The molecule has 7 nitrogen and oxygen atoms in total. The number of aromatic nitrogens is 2. The number of fused-ring (bicyclic) bond motifs is 1. The van der Waals surface area contributed by atoms with Gasteiger partial charge < -0.3 is 16.8 Å². The molecular weight excluding hydrogens is 254 g/mol. The molecule has 0 unspecified atom stereocenters. The molecule has 0 fully saturated rings. The SMILES string of the molecule is NC(=O)CCNC(=O)c1sc2nnccc2c1N. The van der Waals surface area contributed by atoms with E-state index in [0.717, 1.165) is 11.3 Å². The number of nitrogen functional groups attached to an aromatic ring is 1. The zero-order chi connectivity index (χ0) is 13.1. The van der Waals surface area contributed by atoms with E-state index in [-0.39, 0.29) is 18.9 Å². The van der Waals surface area contributed by atoms with Crippen LogP contribution in [0.5, 0.6) is 0 Å². The Balaban J connectivity index is 2.17. The largest absolute Gasteiger partial charge is 0.397 e. The molecule has 0 aromatic carbocycles. The molecule has 0 saturated heterocycles. The van der Waals surface area contributed by atoms with Crippen molar-refractivity contribution in [3.8, 4) is 0 Å². The van der Waals surface area contributed by atoms with Crippen molar-refractivity contribution in [2.45, 2.75) is 6.42 Å². The van der Waals surface area contributed by atoms with Crippen molar-refractivity contribution in [2.24, 2.45) is 5.73 Å². The fraction of sp³-hybridized carbons (Fsp3) is 0.200. The summed E-state index contributed by atoms with van der Waals surface area (Å²) in [4.78, 5) is 23.4. The van der Waals surface area contributed by atoms with Crippen LogP contribution >= 0.6 is 11.3 Å². The van der Waals surface area contributed by atoms with Gasteiger partial charge in [-0.2, -0.15) is 5.10 Å². The number of hydrogen-bond acceptors (Lipinski definition) is 6. The van der Waals surface area contributed by atoms with Gasteiger partial charge in [-0.25, -0.2) is 0 Å². The highest BCUT2D eigenvalue weighted by Crippen LogP contribution is 2.31. The number of rotatable bonds is 4. The van der Waals surface area contributed by atoms with E-state index in [1.165, 1.54) is 6.20 Å². The fourth-order valence-electron chi connectivity index (χ4n) is 1.42. The molecule has 0 saturated carbocycles. The fourth-order valence-corrected chi connectivity index (χ4v) is 2.38. The average Bonchev–Trinajstić information content (AvgIpc) is 2.67. The van der Waals surface area contributed by atoms with Gasteiger partial charge >= 0.3 is 0 Å². The van der Waals surface area contributed by atoms with Gasteiger partial charge in [0.2, 0.25) is 5.91 Å². The number of nitrogens with one attached hydrogen (secondary N) is 1. The third-order valence-electron chi connectivity index (χ3n) is 2.28. The minimum absolute atomic E-state index is 0.0936. The number of anilines is 1. The van der Waals surface area contributed by atoms with Crippen LogP contribution in [0.4, 0.5) is 5.69 Å². The molecular formula is C10H11N5O2S. The van der Waals surface area contributed by atoms with E-state index in [2.05, 4.69) is 15.5 Å². The summed E-state index contributed by atoms with van der Waals surface area (Å²) in [7, 11) is 0. The number of primary amides is 1. The molecule has 8 heteroatoms. The summed E-state index contributed by atoms with van der Waals surface area (Å²) in [5.74, 6) is -0.803. The molecule has 0 aliphatic rings. The standard InChI is InChI=1S/C10H11N5O2S/c11-6(16)2-3-13-9(17)8-7(12)5-1-4-14-15-10(5)18-8/h1,4H,2-3,12H2,(H2,11,16)(H,13,17). The van der Waals surface area contributed by atoms with Gasteiger partial charge in [-0.05, 0) is 6.07 Å². The minimum Gasteiger partial charge on any atom is -0.397 e. The Kier molecular flexibility index (Phi) is 3.38. The first-order chi connectivity index (χ1) is 8.59. The summed E-state index contributed by atoms with van der Waals surface area (Å²) in [6.07, 6.45) is 1.61. The summed E-state index contributed by atoms with van der Waals surface area (Å²) >= 11 is 1.16. The molecule has 0 spiro atoms. The number of hydrogen-bond donors (Lipinski definition) is 3. The second-order valence-corrected chi connectivity index (χ2v) is 4.57. The van der Waals surface area contributed by atoms with Crippen molar-refractivity contribution in [1.82, 2.24) is 15.5 Å². The van der Waals surface area contributed by atoms with Crippen LogP contribution in [0, 0.1) is 0 Å². The zero-order valence-corrected chi connectivity index (χ0v) is 10.2. The molecule has 2 aromatic rings. The number of thiophene rings is 1. The first-order valence-electron chi connectivity index (χ1n) is 5.15. The lowest BCUT2D eigenvalue weighted by Gasteiger charge is -2.02. The molecule has 5 N–H and O–H groups in total. The summed E-state index contributed by atoms with van der Waals surface area (Å²) in [6.45, 7) is 0.188. The van der Waals surface area contributed by atoms with Gasteiger partial charge in [0.25, 0.3) is 5.91 Å². The van der Waals surface area contributed by atoms with Crippen molar-refractivity contribution >= 4 is 39.1 Å². The molecule has 2 amide bonds. The predicted molar refractivity (Wildman–Crippen MR) is 68.0 cm³/mol. The summed E-state index contributed by atoms with van der Waals surface area (Å²) in [5, 5.41) is 10.9. The predicted octanol–water partition coefficient (Wildman–Crippen LogP) is -0.121. The molecule has 0 bridgehead atoms. The van der Waals surface area contributed by atoms with Crippen molar-refractivity contribution in [3.63, 3.8) is 0 Å². The monoisotopic (exact) mass is 265 g/mol. The molecule has 0 aliphatic carbocycles. The van der Waals surface area contributed by atoms with Crippen molar-refractivity contribution in [2.75, 3.05) is 12.3 Å². The van der Waals surface area contributed by atoms with Crippen molar-refractivity contribution in [3.05, 3.63) is 17.1 Å². The molecule has 18 heavy (non-hydrogen) atoms. The van der Waals surface area contributed by atoms with Crippen LogP contribution in [0.2, 0.25) is 0 Å². The highest BCUT2D eigenvalue weighted by molar-refractivity contribution is 7.21. The molecule has 2 heterocycles. The van der Waals surface area contributed by atoms with Crippen LogP contribution in [0.15, 0.2) is 12.3 Å². The lowest BCUT2D eigenvalue weighted by atomic mass is 10.3. The van der Waals surface area contributed by atoms with Crippen LogP contribution in [-0.4, -0.2) is 28.6 Å². The molecule has 0 radical (unpaired) electrons. The van der Waals surface area contributed by atoms with Gasteiger partial charge in [-0.15, -0.1) is 16.4 Å². The topological polar surface area (TPSA) is 124 Å². The molecule has 2 rings (SSSR count). The maximum Gasteiger partial charge on any atom is 0.263 e. The Hall–Kier alpha value is -2.22. The van der Waals surface area contributed by atoms with Crippen molar-refractivity contribution < 1.29 is 9.59 Å². The van der Waals surface area contributed by atoms with Crippen LogP contribution in [-0.2, 0) is 4.79 Å². The maximum absolute atomic E-state index is 11.8. The quantitative estimate of drug-likeness (QED) is 0.710. The summed E-state index contributed by atoms with van der Waals surface area (Å²) in [5.41, 5.74) is 11.2. The van der Waals surface area contributed by atoms with E-state index in [0.29, 0.717) is 20.8 Å². The highest BCUT2D eigenvalue weighted by Gasteiger charge is 2.16. The number of carbonyl (C=O) groups excluding carboxylic acids is 2. The normalized spacial score (nSPS) is 10.4. The molecule has 0 aliphatic heterocycles. The number of nitrogens with zero attached hydrogens (tertiary/aromatic N) is 2. The second-order valence-electron chi connectivity index (χ2n) is 3.57. The van der Waals surface area contributed by atoms with Gasteiger partial charge in [0.1, 0.15) is 9.71 Å². The van der Waals surface area contributed by atoms with Crippen LogP contribution in [0.1, 0.15) is 16.1 Å². The zero-order valence-electron chi connectivity index (χ0n) is 9.34. The van der Waals surface area contributed by atoms with Gasteiger partial charge in [-0.3, -0.25) is 9.59 Å². The second kappa shape index (κ2) is 4.96. The first-order valence-corrected chi connectivity index (χ1v) is 5.97. The van der Waals surface area contributed by atoms with E-state index in [1.54, 1.807) is 6.07 Å². The minimum atomic E-state index is -0.467.